The van der Waals surface area contributed by atoms with Crippen LogP contribution in [0.4, 0.5) is 5.13 Å². The van der Waals surface area contributed by atoms with E-state index in [9.17, 15) is 4.79 Å². The van der Waals surface area contributed by atoms with Crippen LogP contribution in [0.2, 0.25) is 0 Å². The average molecular weight is 468 g/mol. The van der Waals surface area contributed by atoms with Gasteiger partial charge >= 0.3 is 0 Å². The Bertz CT molecular complexity index is 785. The summed E-state index contributed by atoms with van der Waals surface area (Å²) in [4.78, 5) is 21.6. The lowest BCUT2D eigenvalue weighted by Gasteiger charge is -2.22. The van der Waals surface area contributed by atoms with E-state index >= 15 is 0 Å². The van der Waals surface area contributed by atoms with Gasteiger partial charge in [0.1, 0.15) is 0 Å². The molecule has 1 amide bonds. The number of amides is 1. The monoisotopic (exact) mass is 467 g/mol. The molecular weight excluding hydrogens is 442 g/mol. The topological polar surface area (TPSA) is 54.9 Å². The first-order valence-corrected chi connectivity index (χ1v) is 11.3. The first-order chi connectivity index (χ1) is 13.6. The van der Waals surface area contributed by atoms with E-state index in [2.05, 4.69) is 25.8 Å². The van der Waals surface area contributed by atoms with Gasteiger partial charge in [-0.1, -0.05) is 15.9 Å². The summed E-state index contributed by atoms with van der Waals surface area (Å²) in [6, 6.07) is 3.81. The minimum absolute atomic E-state index is 0.133. The molecule has 2 heterocycles. The Balaban J connectivity index is 1.67. The highest BCUT2D eigenvalue weighted by Gasteiger charge is 2.22. The summed E-state index contributed by atoms with van der Waals surface area (Å²) in [7, 11) is 0. The van der Waals surface area contributed by atoms with E-state index in [0.717, 1.165) is 41.2 Å². The number of thiazole rings is 1. The second-order valence-corrected chi connectivity index (χ2v) is 8.20. The quantitative estimate of drug-likeness (QED) is 0.616. The van der Waals surface area contributed by atoms with Crippen molar-refractivity contribution in [1.29, 1.82) is 0 Å². The molecule has 1 saturated heterocycles. The van der Waals surface area contributed by atoms with Gasteiger partial charge in [-0.05, 0) is 38.0 Å². The van der Waals surface area contributed by atoms with Crippen LogP contribution in [-0.4, -0.2) is 55.2 Å². The molecule has 0 aliphatic carbocycles. The van der Waals surface area contributed by atoms with Crippen LogP contribution in [0.15, 0.2) is 28.2 Å². The molecule has 0 spiro atoms. The summed E-state index contributed by atoms with van der Waals surface area (Å²) in [5.41, 5.74) is 0.915. The van der Waals surface area contributed by atoms with Gasteiger partial charge in [-0.3, -0.25) is 4.79 Å². The molecule has 1 aromatic heterocycles. The Morgan fingerprint density at radius 3 is 2.57 bits per heavy atom. The van der Waals surface area contributed by atoms with Gasteiger partial charge in [-0.25, -0.2) is 4.98 Å². The SMILES string of the molecule is CCOc1cc(Br)c(CC(=O)N2CCCN(c3nccs3)CC2)cc1OCC. The largest absolute Gasteiger partial charge is 0.490 e. The van der Waals surface area contributed by atoms with E-state index < -0.39 is 0 Å². The van der Waals surface area contributed by atoms with Crippen molar-refractivity contribution in [2.24, 2.45) is 0 Å². The molecule has 1 aliphatic rings. The van der Waals surface area contributed by atoms with Gasteiger partial charge in [0, 0.05) is 42.2 Å². The molecule has 8 heteroatoms. The van der Waals surface area contributed by atoms with Gasteiger partial charge in [-0.2, -0.15) is 0 Å². The van der Waals surface area contributed by atoms with Crippen molar-refractivity contribution in [2.45, 2.75) is 26.7 Å². The number of benzene rings is 1. The molecular formula is C20H26BrN3O3S. The molecule has 0 unspecified atom stereocenters. The van der Waals surface area contributed by atoms with Crippen molar-refractivity contribution in [3.8, 4) is 11.5 Å². The van der Waals surface area contributed by atoms with E-state index in [1.807, 2.05) is 42.5 Å². The van der Waals surface area contributed by atoms with Gasteiger partial charge in [0.05, 0.1) is 19.6 Å². The number of rotatable bonds is 7. The first-order valence-electron chi connectivity index (χ1n) is 9.62. The molecule has 28 heavy (non-hydrogen) atoms. The van der Waals surface area contributed by atoms with E-state index in [1.54, 1.807) is 11.3 Å². The molecule has 1 fully saturated rings. The standard InChI is InChI=1S/C20H26BrN3O3S/c1-3-26-17-12-15(16(21)14-18(17)27-4-2)13-19(25)23-7-5-8-24(10-9-23)20-22-6-11-28-20/h6,11-12,14H,3-5,7-10,13H2,1-2H3. The Morgan fingerprint density at radius 2 is 1.89 bits per heavy atom. The smallest absolute Gasteiger partial charge is 0.227 e. The number of carbonyl (C=O) groups excluding carboxylic acids is 1. The van der Waals surface area contributed by atoms with Crippen molar-refractivity contribution < 1.29 is 14.3 Å². The second kappa shape index (κ2) is 10.1. The highest BCUT2D eigenvalue weighted by molar-refractivity contribution is 9.10. The third kappa shape index (κ3) is 5.17. The van der Waals surface area contributed by atoms with Crippen LogP contribution in [0.25, 0.3) is 0 Å². The van der Waals surface area contributed by atoms with Gasteiger partial charge in [0.25, 0.3) is 0 Å². The molecule has 152 valence electrons. The summed E-state index contributed by atoms with van der Waals surface area (Å²) < 4.78 is 12.2. The van der Waals surface area contributed by atoms with E-state index in [4.69, 9.17) is 9.47 Å². The van der Waals surface area contributed by atoms with Crippen LogP contribution >= 0.6 is 27.3 Å². The summed E-state index contributed by atoms with van der Waals surface area (Å²) in [5.74, 6) is 1.51. The van der Waals surface area contributed by atoms with Gasteiger partial charge in [0.2, 0.25) is 5.91 Å². The number of halogens is 1. The fraction of sp³-hybridized carbons (Fsp3) is 0.500. The maximum absolute atomic E-state index is 12.9. The molecule has 1 aromatic carbocycles. The van der Waals surface area contributed by atoms with Crippen LogP contribution in [0, 0.1) is 0 Å². The van der Waals surface area contributed by atoms with E-state index in [-0.39, 0.29) is 5.91 Å². The van der Waals surface area contributed by atoms with Crippen LogP contribution in [0.1, 0.15) is 25.8 Å². The zero-order valence-electron chi connectivity index (χ0n) is 16.3. The highest BCUT2D eigenvalue weighted by atomic mass is 79.9. The zero-order chi connectivity index (χ0) is 19.9. The maximum Gasteiger partial charge on any atom is 0.227 e. The molecule has 3 rings (SSSR count). The third-order valence-electron chi connectivity index (χ3n) is 4.59. The molecule has 2 aromatic rings. The Kier molecular flexibility index (Phi) is 7.56. The number of nitrogens with zero attached hydrogens (tertiary/aromatic N) is 3. The minimum atomic E-state index is 0.133. The predicted molar refractivity (Wildman–Crippen MR) is 116 cm³/mol. The summed E-state index contributed by atoms with van der Waals surface area (Å²) >= 11 is 5.23. The van der Waals surface area contributed by atoms with Gasteiger partial charge in [0.15, 0.2) is 16.6 Å². The predicted octanol–water partition coefficient (Wildman–Crippen LogP) is 3.98. The summed E-state index contributed by atoms with van der Waals surface area (Å²) in [6.45, 7) is 8.22. The Morgan fingerprint density at radius 1 is 1.14 bits per heavy atom. The van der Waals surface area contributed by atoms with Crippen LogP contribution in [-0.2, 0) is 11.2 Å². The van der Waals surface area contributed by atoms with Crippen molar-refractivity contribution in [1.82, 2.24) is 9.88 Å². The molecule has 6 nitrogen and oxygen atoms in total. The zero-order valence-corrected chi connectivity index (χ0v) is 18.7. The lowest BCUT2D eigenvalue weighted by molar-refractivity contribution is -0.130. The molecule has 0 atom stereocenters. The van der Waals surface area contributed by atoms with E-state index in [1.165, 1.54) is 0 Å². The molecule has 1 aliphatic heterocycles. The number of anilines is 1. The third-order valence-corrected chi connectivity index (χ3v) is 6.16. The van der Waals surface area contributed by atoms with Crippen molar-refractivity contribution in [3.63, 3.8) is 0 Å². The lowest BCUT2D eigenvalue weighted by atomic mass is 10.1. The highest BCUT2D eigenvalue weighted by Crippen LogP contribution is 2.34. The van der Waals surface area contributed by atoms with Crippen molar-refractivity contribution in [3.05, 3.63) is 33.7 Å². The molecule has 0 N–H and O–H groups in total. The Hall–Kier alpha value is -1.80. The Labute approximate surface area is 178 Å². The molecule has 0 saturated carbocycles. The van der Waals surface area contributed by atoms with Crippen LogP contribution in [0.3, 0.4) is 0 Å². The van der Waals surface area contributed by atoms with Crippen molar-refractivity contribution in [2.75, 3.05) is 44.3 Å². The van der Waals surface area contributed by atoms with Crippen LogP contribution < -0.4 is 14.4 Å². The number of carbonyl (C=O) groups is 1. The van der Waals surface area contributed by atoms with Crippen molar-refractivity contribution >= 4 is 38.3 Å². The van der Waals surface area contributed by atoms with Gasteiger partial charge in [-0.15, -0.1) is 11.3 Å². The maximum atomic E-state index is 12.9. The first kappa shape index (κ1) is 20.9. The molecule has 0 bridgehead atoms. The van der Waals surface area contributed by atoms with Crippen LogP contribution in [0.5, 0.6) is 11.5 Å². The van der Waals surface area contributed by atoms with Gasteiger partial charge < -0.3 is 19.3 Å². The summed E-state index contributed by atoms with van der Waals surface area (Å²) in [5, 5.41) is 3.02. The van der Waals surface area contributed by atoms with E-state index in [0.29, 0.717) is 37.7 Å². The summed E-state index contributed by atoms with van der Waals surface area (Å²) in [6.07, 6.45) is 3.11. The minimum Gasteiger partial charge on any atom is -0.490 e. The molecule has 0 radical (unpaired) electrons. The fourth-order valence-corrected chi connectivity index (χ4v) is 4.41. The number of aromatic nitrogens is 1. The number of hydrogen-bond donors (Lipinski definition) is 0. The average Bonchev–Trinajstić information content (AvgIpc) is 3.10. The number of hydrogen-bond acceptors (Lipinski definition) is 6. The normalized spacial score (nSPS) is 14.7. The second-order valence-electron chi connectivity index (χ2n) is 6.47. The lowest BCUT2D eigenvalue weighted by Crippen LogP contribution is -2.36. The number of ether oxygens (including phenoxy) is 2. The fourth-order valence-electron chi connectivity index (χ4n) is 3.25.